The molecule has 0 radical (unpaired) electrons. The van der Waals surface area contributed by atoms with Gasteiger partial charge < -0.3 is 15.2 Å². The van der Waals surface area contributed by atoms with Crippen molar-refractivity contribution in [3.8, 4) is 22.6 Å². The molecule has 4 aromatic rings. The van der Waals surface area contributed by atoms with Crippen LogP contribution in [0.5, 0.6) is 11.5 Å². The summed E-state index contributed by atoms with van der Waals surface area (Å²) in [4.78, 5) is 41.6. The fourth-order valence-corrected chi connectivity index (χ4v) is 6.79. The predicted octanol–water partition coefficient (Wildman–Crippen LogP) is 7.31. The number of benzene rings is 3. The lowest BCUT2D eigenvalue weighted by Crippen LogP contribution is -2.49. The summed E-state index contributed by atoms with van der Waals surface area (Å²) in [6, 6.07) is 6.10. The maximum absolute atomic E-state index is 15.9. The van der Waals surface area contributed by atoms with Gasteiger partial charge in [0, 0.05) is 48.0 Å². The molecule has 3 aromatic carbocycles. The van der Waals surface area contributed by atoms with E-state index < -0.39 is 65.5 Å². The molecule has 268 valence electrons. The normalized spacial score (nSPS) is 18.0. The summed E-state index contributed by atoms with van der Waals surface area (Å²) < 4.78 is 93.9. The molecule has 6 rings (SSSR count). The van der Waals surface area contributed by atoms with Gasteiger partial charge >= 0.3 is 12.1 Å². The fraction of sp³-hybridized carbons (Fsp3) is 0.306. The summed E-state index contributed by atoms with van der Waals surface area (Å²) in [7, 11) is 0. The van der Waals surface area contributed by atoms with E-state index in [1.165, 1.54) is 50.2 Å². The van der Waals surface area contributed by atoms with E-state index in [0.717, 1.165) is 16.8 Å². The van der Waals surface area contributed by atoms with E-state index in [1.54, 1.807) is 4.90 Å². The molecule has 1 fully saturated rings. The van der Waals surface area contributed by atoms with Crippen molar-refractivity contribution in [2.45, 2.75) is 51.1 Å². The summed E-state index contributed by atoms with van der Waals surface area (Å²) in [5.74, 6) is -3.92. The van der Waals surface area contributed by atoms with Gasteiger partial charge in [0.25, 0.3) is 5.56 Å². The third-order valence-corrected chi connectivity index (χ3v) is 9.26. The van der Waals surface area contributed by atoms with Crippen LogP contribution in [-0.4, -0.2) is 52.3 Å². The Kier molecular flexibility index (Phi) is 9.68. The monoisotopic (exact) mass is 733 g/mol. The van der Waals surface area contributed by atoms with Gasteiger partial charge in [-0.15, -0.1) is 0 Å². The molecule has 2 aliphatic heterocycles. The van der Waals surface area contributed by atoms with Crippen LogP contribution in [0.3, 0.4) is 0 Å². The number of nitrogens with one attached hydrogen (secondary N) is 1. The third-order valence-electron chi connectivity index (χ3n) is 9.04. The Morgan fingerprint density at radius 2 is 1.78 bits per heavy atom. The highest BCUT2D eigenvalue weighted by atomic mass is 35.5. The average Bonchev–Trinajstić information content (AvgIpc) is 3.02. The van der Waals surface area contributed by atoms with Gasteiger partial charge in [0.05, 0.1) is 18.0 Å². The number of rotatable bonds is 6. The highest BCUT2D eigenvalue weighted by Crippen LogP contribution is 2.42. The molecule has 4 bridgehead atoms. The first-order valence-corrected chi connectivity index (χ1v) is 16.2. The van der Waals surface area contributed by atoms with Gasteiger partial charge in [-0.25, -0.2) is 13.2 Å². The lowest BCUT2D eigenvalue weighted by molar-refractivity contribution is -0.139. The van der Waals surface area contributed by atoms with Gasteiger partial charge in [-0.3, -0.25) is 23.9 Å². The Bertz CT molecular complexity index is 2110. The molecule has 2 atom stereocenters. The fourth-order valence-electron chi connectivity index (χ4n) is 6.56. The number of halogens is 7. The van der Waals surface area contributed by atoms with E-state index in [2.05, 4.69) is 5.32 Å². The molecule has 1 amide bonds. The Labute approximate surface area is 292 Å². The van der Waals surface area contributed by atoms with Crippen molar-refractivity contribution < 1.29 is 45.8 Å². The maximum atomic E-state index is 15.9. The van der Waals surface area contributed by atoms with Crippen LogP contribution in [0.1, 0.15) is 51.9 Å². The molecule has 0 unspecified atom stereocenters. The summed E-state index contributed by atoms with van der Waals surface area (Å²) in [5.41, 5.74) is -2.59. The number of aromatic nitrogens is 1. The summed E-state index contributed by atoms with van der Waals surface area (Å²) in [5, 5.41) is 12.3. The number of likely N-dealkylation sites (tertiary alicyclic amines) is 1. The van der Waals surface area contributed by atoms with E-state index in [4.69, 9.17) is 16.3 Å². The molecular formula is C36H30ClF6N3O5. The summed E-state index contributed by atoms with van der Waals surface area (Å²) in [6.07, 6.45) is -6.27. The molecule has 0 saturated carbocycles. The van der Waals surface area contributed by atoms with E-state index >= 15 is 4.39 Å². The topological polar surface area (TPSA) is 101 Å². The van der Waals surface area contributed by atoms with E-state index in [1.807, 2.05) is 0 Å². The van der Waals surface area contributed by atoms with Gasteiger partial charge in [-0.1, -0.05) is 11.6 Å². The second-order valence-electron chi connectivity index (χ2n) is 12.7. The number of fused-ring (bicyclic) bond motifs is 6. The van der Waals surface area contributed by atoms with Crippen molar-refractivity contribution in [3.05, 3.63) is 115 Å². The molecule has 0 spiro atoms. The molecule has 1 saturated heterocycles. The number of aliphatic carboxylic acids is 1. The highest BCUT2D eigenvalue weighted by molar-refractivity contribution is 6.30. The maximum Gasteiger partial charge on any atom is 0.416 e. The number of ether oxygens (including phenoxy) is 1. The van der Waals surface area contributed by atoms with Crippen molar-refractivity contribution in [2.75, 3.05) is 19.6 Å². The van der Waals surface area contributed by atoms with Crippen molar-refractivity contribution in [1.82, 2.24) is 14.8 Å². The summed E-state index contributed by atoms with van der Waals surface area (Å²) >= 11 is 6.47. The minimum absolute atomic E-state index is 0.00157. The van der Waals surface area contributed by atoms with Crippen LogP contribution < -0.4 is 15.6 Å². The van der Waals surface area contributed by atoms with Crippen LogP contribution in [-0.2, 0) is 22.2 Å². The molecule has 2 aliphatic rings. The second-order valence-corrected chi connectivity index (χ2v) is 13.1. The molecule has 3 heterocycles. The number of pyridine rings is 1. The highest BCUT2D eigenvalue weighted by Gasteiger charge is 2.37. The Balaban J connectivity index is 1.59. The smallest absolute Gasteiger partial charge is 0.416 e. The number of nitrogens with zero attached hydrogens (tertiary/aromatic N) is 2. The van der Waals surface area contributed by atoms with Gasteiger partial charge in [0.2, 0.25) is 5.91 Å². The molecule has 1 aromatic heterocycles. The summed E-state index contributed by atoms with van der Waals surface area (Å²) in [6.45, 7) is 2.97. The van der Waals surface area contributed by atoms with E-state index in [9.17, 15) is 41.4 Å². The zero-order valence-corrected chi connectivity index (χ0v) is 27.8. The third kappa shape index (κ3) is 7.33. The largest absolute Gasteiger partial charge is 0.481 e. The first-order valence-electron chi connectivity index (χ1n) is 15.8. The van der Waals surface area contributed by atoms with Crippen LogP contribution in [0.15, 0.2) is 59.5 Å². The minimum atomic E-state index is -4.95. The molecule has 2 N–H and O–H groups in total. The molecule has 0 aliphatic carbocycles. The molecular weight excluding hydrogens is 704 g/mol. The number of aryl methyl sites for hydroxylation is 1. The molecule has 15 heteroatoms. The number of carbonyl (C=O) groups excluding carboxylic acids is 1. The number of hydrogen-bond donors (Lipinski definition) is 2. The van der Waals surface area contributed by atoms with Crippen LogP contribution in [0.25, 0.3) is 11.1 Å². The lowest BCUT2D eigenvalue weighted by Gasteiger charge is -2.34. The van der Waals surface area contributed by atoms with Crippen molar-refractivity contribution in [3.63, 3.8) is 0 Å². The number of carbonyl (C=O) groups is 2. The molecule has 51 heavy (non-hydrogen) atoms. The van der Waals surface area contributed by atoms with Gasteiger partial charge in [-0.05, 0) is 90.6 Å². The van der Waals surface area contributed by atoms with Crippen molar-refractivity contribution in [1.29, 1.82) is 0 Å². The number of alkyl halides is 4. The predicted molar refractivity (Wildman–Crippen MR) is 175 cm³/mol. The zero-order chi connectivity index (χ0) is 36.9. The second kappa shape index (κ2) is 13.7. The SMILES string of the molecule is Cc1cc2cc(c1F)[C@@H](CC(=O)O)NC(=O)[C@H](n1cc(CCN3CC(F)C3)c(C(F)(F)F)cc1=O)c1cc(Cl)cc(c1)Oc1ccc(F)c(C)c1-2. The van der Waals surface area contributed by atoms with Crippen LogP contribution in [0.2, 0.25) is 5.02 Å². The number of carboxylic acid groups (broad SMARTS) is 1. The van der Waals surface area contributed by atoms with E-state index in [0.29, 0.717) is 6.07 Å². The standard InChI is InChI=1S/C36H30ClF6N3O5/c1-17-7-20-10-25(33(17)40)28(13-31(48)49)44-35(50)34(21-8-22(37)11-24(9-21)51-29-4-3-27(39)18(2)32(20)29)46-14-19(5-6-45-15-23(38)16-45)26(12-30(46)47)36(41,42)43/h3-4,7-12,14,23,28,34H,5-6,13,15-16H2,1-2H3,(H,44,50)(H,48,49)/t28-,34-/m1/s1. The first-order chi connectivity index (χ1) is 24.0. The van der Waals surface area contributed by atoms with Crippen LogP contribution in [0.4, 0.5) is 26.3 Å². The lowest BCUT2D eigenvalue weighted by atomic mass is 9.92. The first kappa shape index (κ1) is 36.0. The number of carboxylic acids is 1. The number of hydrogen-bond acceptors (Lipinski definition) is 5. The van der Waals surface area contributed by atoms with Crippen LogP contribution >= 0.6 is 11.6 Å². The minimum Gasteiger partial charge on any atom is -0.481 e. The van der Waals surface area contributed by atoms with Crippen molar-refractivity contribution in [2.24, 2.45) is 0 Å². The quantitative estimate of drug-likeness (QED) is 0.202. The van der Waals surface area contributed by atoms with Crippen molar-refractivity contribution >= 4 is 23.5 Å². The van der Waals surface area contributed by atoms with Gasteiger partial charge in [-0.2, -0.15) is 13.2 Å². The van der Waals surface area contributed by atoms with Gasteiger partial charge in [0.15, 0.2) is 0 Å². The number of amides is 1. The van der Waals surface area contributed by atoms with E-state index in [-0.39, 0.29) is 81.5 Å². The van der Waals surface area contributed by atoms with Crippen LogP contribution in [0, 0.1) is 25.5 Å². The average molecular weight is 734 g/mol. The Morgan fingerprint density at radius 1 is 1.06 bits per heavy atom. The Hall–Kier alpha value is -4.82. The Morgan fingerprint density at radius 3 is 2.45 bits per heavy atom. The van der Waals surface area contributed by atoms with Gasteiger partial charge in [0.1, 0.15) is 35.3 Å². The zero-order valence-electron chi connectivity index (χ0n) is 27.1. The molecule has 8 nitrogen and oxygen atoms in total.